The number of hydrogen-bond donors (Lipinski definition) is 3. The Hall–Kier alpha value is -2.30. The van der Waals surface area contributed by atoms with Gasteiger partial charge in [-0.3, -0.25) is 23.4 Å². The lowest BCUT2D eigenvalue weighted by atomic mass is 10.0. The molecule has 0 saturated carbocycles. The molecule has 0 aromatic heterocycles. The number of aliphatic carboxylic acids is 1. The number of carboxylic acid groups (broad SMARTS) is 1. The van der Waals surface area contributed by atoms with Crippen molar-refractivity contribution in [2.24, 2.45) is 5.73 Å². The Balaban J connectivity index is 4.20. The fourth-order valence-electron chi connectivity index (χ4n) is 7.62. The number of rotatable bonds is 51. The topological polar surface area (TPSA) is 172 Å². The van der Waals surface area contributed by atoms with Crippen LogP contribution in [0.25, 0.3) is 0 Å². The van der Waals surface area contributed by atoms with Gasteiger partial charge in [-0.1, -0.05) is 211 Å². The highest BCUT2D eigenvalue weighted by Crippen LogP contribution is 2.43. The van der Waals surface area contributed by atoms with Crippen LogP contribution in [0.1, 0.15) is 258 Å². The highest BCUT2D eigenvalue weighted by molar-refractivity contribution is 7.47. The molecule has 0 aliphatic rings. The molecule has 0 saturated heterocycles. The molecule has 0 fully saturated rings. The highest BCUT2D eigenvalue weighted by atomic mass is 31.2. The predicted octanol–water partition coefficient (Wildman–Crippen LogP) is 15.5. The lowest BCUT2D eigenvalue weighted by Crippen LogP contribution is -2.34. The van der Waals surface area contributed by atoms with Crippen LogP contribution in [0, 0.1) is 0 Å². The Morgan fingerprint density at radius 1 is 0.470 bits per heavy atom. The molecule has 0 spiro atoms. The largest absolute Gasteiger partial charge is 0.480 e. The van der Waals surface area contributed by atoms with E-state index in [0.29, 0.717) is 12.8 Å². The molecule has 4 N–H and O–H groups in total. The molecule has 66 heavy (non-hydrogen) atoms. The van der Waals surface area contributed by atoms with E-state index in [1.54, 1.807) is 0 Å². The van der Waals surface area contributed by atoms with Gasteiger partial charge < -0.3 is 25.2 Å². The average molecular weight is 954 g/mol. The number of phosphoric acid groups is 1. The molecular formula is C54H100NO10P. The van der Waals surface area contributed by atoms with Crippen LogP contribution in [0.5, 0.6) is 0 Å². The van der Waals surface area contributed by atoms with E-state index < -0.39 is 51.1 Å². The maximum absolute atomic E-state index is 12.7. The average Bonchev–Trinajstić information content (AvgIpc) is 3.30. The van der Waals surface area contributed by atoms with E-state index in [2.05, 4.69) is 50.3 Å². The fourth-order valence-corrected chi connectivity index (χ4v) is 8.40. The third kappa shape index (κ3) is 48.2. The Morgan fingerprint density at radius 3 is 1.20 bits per heavy atom. The number of esters is 2. The fraction of sp³-hybridized carbons (Fsp3) is 0.833. The Bertz CT molecular complexity index is 1260. The predicted molar refractivity (Wildman–Crippen MR) is 272 cm³/mol. The van der Waals surface area contributed by atoms with Gasteiger partial charge in [-0.2, -0.15) is 0 Å². The maximum atomic E-state index is 12.7. The van der Waals surface area contributed by atoms with Crippen LogP contribution in [0.15, 0.2) is 36.5 Å². The first kappa shape index (κ1) is 63.7. The summed E-state index contributed by atoms with van der Waals surface area (Å²) in [6.07, 6.45) is 56.3. The van der Waals surface area contributed by atoms with Gasteiger partial charge >= 0.3 is 25.7 Å². The van der Waals surface area contributed by atoms with E-state index in [4.69, 9.17) is 29.4 Å². The van der Waals surface area contributed by atoms with E-state index >= 15 is 0 Å². The first-order valence-corrected chi connectivity index (χ1v) is 28.5. The van der Waals surface area contributed by atoms with Crippen LogP contribution in [0.2, 0.25) is 0 Å². The molecule has 11 nitrogen and oxygen atoms in total. The Labute approximate surface area is 403 Å². The van der Waals surface area contributed by atoms with Crippen molar-refractivity contribution in [3.8, 4) is 0 Å². The summed E-state index contributed by atoms with van der Waals surface area (Å²) in [4.78, 5) is 46.3. The standard InChI is InChI=1S/C54H100NO10P/c1-3-5-7-9-11-13-15-17-19-21-23-24-25-26-28-30-32-34-36-38-40-42-44-46-53(57)65-50(48-63-66(60,61)64-49-51(55)54(58)59)47-62-52(56)45-43-41-39-37-35-33-31-29-27-22-20-18-16-14-12-10-8-6-4-2/h15,17-18,20-21,23,50-51H,3-14,16,19,22,24-49,55H2,1-2H3,(H,58,59)(H,60,61)/b17-15-,20-18-,23-21-. The summed E-state index contributed by atoms with van der Waals surface area (Å²) in [5.41, 5.74) is 5.36. The van der Waals surface area contributed by atoms with Crippen LogP contribution in [0.3, 0.4) is 0 Å². The lowest BCUT2D eigenvalue weighted by molar-refractivity contribution is -0.161. The minimum absolute atomic E-state index is 0.160. The summed E-state index contributed by atoms with van der Waals surface area (Å²) < 4.78 is 32.9. The minimum Gasteiger partial charge on any atom is -0.480 e. The van der Waals surface area contributed by atoms with Gasteiger partial charge in [0.05, 0.1) is 13.2 Å². The van der Waals surface area contributed by atoms with Crippen molar-refractivity contribution in [3.63, 3.8) is 0 Å². The number of carbonyl (C=O) groups is 3. The molecular weight excluding hydrogens is 854 g/mol. The molecule has 0 amide bonds. The van der Waals surface area contributed by atoms with Crippen LogP contribution < -0.4 is 5.73 Å². The number of unbranched alkanes of at least 4 members (excludes halogenated alkanes) is 31. The lowest BCUT2D eigenvalue weighted by Gasteiger charge is -2.20. The van der Waals surface area contributed by atoms with Crippen molar-refractivity contribution in [2.75, 3.05) is 19.8 Å². The van der Waals surface area contributed by atoms with E-state index in [1.165, 1.54) is 173 Å². The van der Waals surface area contributed by atoms with Crippen molar-refractivity contribution in [3.05, 3.63) is 36.5 Å². The normalized spacial score (nSPS) is 13.8. The van der Waals surface area contributed by atoms with Crippen molar-refractivity contribution >= 4 is 25.7 Å². The number of nitrogens with two attached hydrogens (primary N) is 1. The minimum atomic E-state index is -4.72. The first-order chi connectivity index (χ1) is 32.1. The molecule has 0 aliphatic heterocycles. The molecule has 0 bridgehead atoms. The van der Waals surface area contributed by atoms with Crippen LogP contribution >= 0.6 is 7.82 Å². The number of carbonyl (C=O) groups excluding carboxylic acids is 2. The molecule has 0 rings (SSSR count). The van der Waals surface area contributed by atoms with Crippen molar-refractivity contribution in [1.82, 2.24) is 0 Å². The van der Waals surface area contributed by atoms with Crippen LogP contribution in [0.4, 0.5) is 0 Å². The Morgan fingerprint density at radius 2 is 0.803 bits per heavy atom. The Kier molecular flexibility index (Phi) is 47.4. The molecule has 0 aromatic carbocycles. The quantitative estimate of drug-likeness (QED) is 0.0229. The summed E-state index contributed by atoms with van der Waals surface area (Å²) in [5, 5.41) is 8.93. The summed E-state index contributed by atoms with van der Waals surface area (Å²) in [6.45, 7) is 2.83. The first-order valence-electron chi connectivity index (χ1n) is 27.0. The van der Waals surface area contributed by atoms with E-state index in [9.17, 15) is 23.8 Å². The van der Waals surface area contributed by atoms with E-state index in [-0.39, 0.29) is 19.4 Å². The van der Waals surface area contributed by atoms with Crippen molar-refractivity contribution in [1.29, 1.82) is 0 Å². The molecule has 386 valence electrons. The van der Waals surface area contributed by atoms with Gasteiger partial charge in [0.25, 0.3) is 0 Å². The highest BCUT2D eigenvalue weighted by Gasteiger charge is 2.28. The van der Waals surface area contributed by atoms with Crippen LogP contribution in [-0.4, -0.2) is 59.9 Å². The van der Waals surface area contributed by atoms with Gasteiger partial charge in [0.2, 0.25) is 0 Å². The third-order valence-corrected chi connectivity index (χ3v) is 12.8. The molecule has 0 aliphatic carbocycles. The second-order valence-corrected chi connectivity index (χ2v) is 19.8. The number of hydrogen-bond acceptors (Lipinski definition) is 9. The van der Waals surface area contributed by atoms with Gasteiger partial charge in [0.15, 0.2) is 6.10 Å². The zero-order chi connectivity index (χ0) is 48.4. The smallest absolute Gasteiger partial charge is 0.472 e. The van der Waals surface area contributed by atoms with E-state index in [0.717, 1.165) is 44.9 Å². The number of phosphoric ester groups is 1. The van der Waals surface area contributed by atoms with Gasteiger partial charge in [-0.05, 0) is 70.6 Å². The van der Waals surface area contributed by atoms with Crippen molar-refractivity contribution < 1.29 is 47.5 Å². The number of allylic oxidation sites excluding steroid dienone is 6. The number of ether oxygens (including phenoxy) is 2. The maximum Gasteiger partial charge on any atom is 0.472 e. The summed E-state index contributed by atoms with van der Waals surface area (Å²) in [5.74, 6) is -2.37. The monoisotopic (exact) mass is 954 g/mol. The molecule has 0 heterocycles. The second-order valence-electron chi connectivity index (χ2n) is 18.4. The van der Waals surface area contributed by atoms with Gasteiger partial charge in [0, 0.05) is 12.8 Å². The zero-order valence-electron chi connectivity index (χ0n) is 42.3. The molecule has 3 unspecified atom stereocenters. The molecule has 0 aromatic rings. The molecule has 0 radical (unpaired) electrons. The number of carboxylic acids is 1. The summed E-state index contributed by atoms with van der Waals surface area (Å²) in [6, 6.07) is -1.52. The zero-order valence-corrected chi connectivity index (χ0v) is 43.2. The van der Waals surface area contributed by atoms with Crippen LogP contribution in [-0.2, 0) is 37.5 Å². The summed E-state index contributed by atoms with van der Waals surface area (Å²) in [7, 11) is -4.72. The van der Waals surface area contributed by atoms with E-state index in [1.807, 2.05) is 0 Å². The molecule has 3 atom stereocenters. The van der Waals surface area contributed by atoms with Gasteiger partial charge in [-0.15, -0.1) is 0 Å². The van der Waals surface area contributed by atoms with Crippen molar-refractivity contribution in [2.45, 2.75) is 270 Å². The van der Waals surface area contributed by atoms with Gasteiger partial charge in [0.1, 0.15) is 12.6 Å². The SMILES string of the molecule is CCCCCCC/C=C\C/C=C\CCCCCCCCCCCCCC(=O)OC(COC(=O)CCCCCCCCCCC/C=C\CCCCCCCC)COP(=O)(O)OCC(N)C(=O)O. The summed E-state index contributed by atoms with van der Waals surface area (Å²) >= 11 is 0. The van der Waals surface area contributed by atoms with Gasteiger partial charge in [-0.25, -0.2) is 4.57 Å². The third-order valence-electron chi connectivity index (χ3n) is 11.9. The molecule has 12 heteroatoms. The second kappa shape index (κ2) is 49.1.